The van der Waals surface area contributed by atoms with Crippen LogP contribution in [0, 0.1) is 0 Å². The predicted octanol–water partition coefficient (Wildman–Crippen LogP) is 5.33. The molecule has 0 aliphatic heterocycles. The summed E-state index contributed by atoms with van der Waals surface area (Å²) in [6, 6.07) is 14.6. The predicted molar refractivity (Wildman–Crippen MR) is 150 cm³/mol. The van der Waals surface area contributed by atoms with Crippen LogP contribution in [-0.2, 0) is 19.6 Å². The molecule has 0 saturated heterocycles. The molecular weight excluding hydrogens is 549 g/mol. The maximum atomic E-state index is 13.8. The summed E-state index contributed by atoms with van der Waals surface area (Å²) in [5, 5.41) is 9.56. The number of rotatable bonds is 7. The second kappa shape index (κ2) is 10.4. The van der Waals surface area contributed by atoms with Gasteiger partial charge in [-0.2, -0.15) is 0 Å². The number of halogens is 2. The highest BCUT2D eigenvalue weighted by Crippen LogP contribution is 2.31. The van der Waals surface area contributed by atoms with Crippen molar-refractivity contribution >= 4 is 61.6 Å². The minimum Gasteiger partial charge on any atom is -0.459 e. The van der Waals surface area contributed by atoms with Crippen molar-refractivity contribution in [3.05, 3.63) is 70.8 Å². The van der Waals surface area contributed by atoms with E-state index in [9.17, 15) is 13.2 Å². The summed E-state index contributed by atoms with van der Waals surface area (Å²) in [6.07, 6.45) is 1.82. The number of benzene rings is 2. The molecule has 12 heteroatoms. The van der Waals surface area contributed by atoms with Gasteiger partial charge in [0.2, 0.25) is 0 Å². The molecule has 0 unspecified atom stereocenters. The van der Waals surface area contributed by atoms with Gasteiger partial charge in [-0.3, -0.25) is 13.7 Å². The van der Waals surface area contributed by atoms with Gasteiger partial charge in [-0.05, 0) is 75.4 Å². The molecule has 0 N–H and O–H groups in total. The molecule has 0 atom stereocenters. The Kier molecular flexibility index (Phi) is 7.60. The Bertz CT molecular complexity index is 1580. The van der Waals surface area contributed by atoms with Gasteiger partial charge in [-0.15, -0.1) is 10.2 Å². The van der Waals surface area contributed by atoms with E-state index in [-0.39, 0.29) is 20.6 Å². The number of aromatic nitrogens is 3. The zero-order valence-corrected chi connectivity index (χ0v) is 23.8. The highest BCUT2D eigenvalue weighted by atomic mass is 35.5. The lowest BCUT2D eigenvalue weighted by atomic mass is 10.2. The van der Waals surface area contributed by atoms with Crippen LogP contribution in [0.15, 0.2) is 65.7 Å². The number of hydrogen-bond donors (Lipinski definition) is 0. The number of anilines is 2. The van der Waals surface area contributed by atoms with Gasteiger partial charge in [0.15, 0.2) is 11.6 Å². The molecule has 4 rings (SSSR count). The third-order valence-corrected chi connectivity index (χ3v) is 7.61. The molecule has 0 fully saturated rings. The molecule has 0 aliphatic carbocycles. The normalized spacial score (nSPS) is 12.0. The van der Waals surface area contributed by atoms with Gasteiger partial charge < -0.3 is 9.64 Å². The molecule has 0 radical (unpaired) electrons. The Morgan fingerprint density at radius 2 is 1.66 bits per heavy atom. The van der Waals surface area contributed by atoms with Crippen molar-refractivity contribution in [2.24, 2.45) is 0 Å². The minimum atomic E-state index is -4.25. The molecule has 9 nitrogen and oxygen atoms in total. The van der Waals surface area contributed by atoms with E-state index in [1.807, 2.05) is 48.0 Å². The maximum Gasteiger partial charge on any atom is 0.327 e. The van der Waals surface area contributed by atoms with Crippen LogP contribution in [0.25, 0.3) is 16.7 Å². The number of nitrogens with zero attached hydrogens (tertiary/aromatic N) is 5. The third-order valence-electron chi connectivity index (χ3n) is 5.42. The zero-order chi connectivity index (χ0) is 27.8. The summed E-state index contributed by atoms with van der Waals surface area (Å²) in [7, 11) is -0.488. The Hall–Kier alpha value is -3.34. The highest BCUT2D eigenvalue weighted by molar-refractivity contribution is 7.92. The summed E-state index contributed by atoms with van der Waals surface area (Å²) in [5.74, 6) is 0.616. The van der Waals surface area contributed by atoms with Gasteiger partial charge in [0.1, 0.15) is 12.1 Å². The zero-order valence-electron chi connectivity index (χ0n) is 21.5. The summed E-state index contributed by atoms with van der Waals surface area (Å²) < 4.78 is 35.8. The Labute approximate surface area is 231 Å². The van der Waals surface area contributed by atoms with Crippen molar-refractivity contribution in [1.29, 1.82) is 0 Å². The van der Waals surface area contributed by atoms with Gasteiger partial charge >= 0.3 is 5.97 Å². The summed E-state index contributed by atoms with van der Waals surface area (Å²) in [4.78, 5) is 14.5. The van der Waals surface area contributed by atoms with Gasteiger partial charge in [0, 0.05) is 35.7 Å². The van der Waals surface area contributed by atoms with Crippen molar-refractivity contribution in [2.45, 2.75) is 31.3 Å². The molecule has 4 aromatic rings. The smallest absolute Gasteiger partial charge is 0.327 e. The number of esters is 1. The van der Waals surface area contributed by atoms with E-state index in [2.05, 4.69) is 10.2 Å². The van der Waals surface area contributed by atoms with Crippen LogP contribution >= 0.6 is 23.2 Å². The minimum absolute atomic E-state index is 0.146. The quantitative estimate of drug-likeness (QED) is 0.275. The number of sulfonamides is 1. The lowest BCUT2D eigenvalue weighted by molar-refractivity contribution is -0.152. The fourth-order valence-corrected chi connectivity index (χ4v) is 5.91. The third kappa shape index (κ3) is 6.03. The van der Waals surface area contributed by atoms with E-state index >= 15 is 0 Å². The Morgan fingerprint density at radius 1 is 0.974 bits per heavy atom. The van der Waals surface area contributed by atoms with Crippen molar-refractivity contribution in [3.63, 3.8) is 0 Å². The molecular formula is C26H27Cl2N5O4S. The summed E-state index contributed by atoms with van der Waals surface area (Å²) >= 11 is 12.2. The van der Waals surface area contributed by atoms with Gasteiger partial charge in [-0.25, -0.2) is 8.42 Å². The van der Waals surface area contributed by atoms with E-state index in [0.717, 1.165) is 21.0 Å². The Morgan fingerprint density at radius 3 is 2.24 bits per heavy atom. The Balaban J connectivity index is 1.78. The molecule has 0 bridgehead atoms. The number of ether oxygens (including phenoxy) is 1. The van der Waals surface area contributed by atoms with Crippen molar-refractivity contribution in [3.8, 4) is 5.82 Å². The second-order valence-corrected chi connectivity index (χ2v) is 12.5. The van der Waals surface area contributed by atoms with Gasteiger partial charge in [0.25, 0.3) is 10.0 Å². The van der Waals surface area contributed by atoms with Crippen molar-refractivity contribution < 1.29 is 17.9 Å². The van der Waals surface area contributed by atoms with Crippen LogP contribution in [0.2, 0.25) is 10.0 Å². The SMILES string of the molecule is CN(C)c1ccc(-n2ccc3cc(N(CC(=O)OC(C)(C)C)S(=O)(=O)c4cc(Cl)cc(Cl)c4)ccc32)nn1. The van der Waals surface area contributed by atoms with Crippen LogP contribution < -0.4 is 9.21 Å². The fraction of sp³-hybridized carbons (Fsp3) is 0.269. The highest BCUT2D eigenvalue weighted by Gasteiger charge is 2.30. The van der Waals surface area contributed by atoms with Gasteiger partial charge in [-0.1, -0.05) is 23.2 Å². The maximum absolute atomic E-state index is 13.8. The number of carbonyl (C=O) groups excluding carboxylic acids is 1. The summed E-state index contributed by atoms with van der Waals surface area (Å²) in [5.41, 5.74) is 0.253. The lowest BCUT2D eigenvalue weighted by Crippen LogP contribution is -2.39. The van der Waals surface area contributed by atoms with Crippen LogP contribution in [0.4, 0.5) is 11.5 Å². The first-order valence-electron chi connectivity index (χ1n) is 11.6. The van der Waals surface area contributed by atoms with E-state index in [0.29, 0.717) is 5.82 Å². The van der Waals surface area contributed by atoms with Crippen LogP contribution in [0.1, 0.15) is 20.8 Å². The standard InChI is InChI=1S/C26H27Cl2N5O4S/c1-26(2,3)37-25(34)16-33(38(35,36)21-14-18(27)13-19(28)15-21)20-6-7-22-17(12-20)10-11-32(22)24-9-8-23(29-30-24)31(4)5/h6-15H,16H2,1-5H3. The van der Waals surface area contributed by atoms with Crippen LogP contribution in [0.5, 0.6) is 0 Å². The van der Waals surface area contributed by atoms with Crippen molar-refractivity contribution in [1.82, 2.24) is 14.8 Å². The second-order valence-electron chi connectivity index (χ2n) is 9.78. The molecule has 2 heterocycles. The largest absolute Gasteiger partial charge is 0.459 e. The van der Waals surface area contributed by atoms with Crippen LogP contribution in [-0.4, -0.2) is 55.4 Å². The van der Waals surface area contributed by atoms with E-state index in [1.54, 1.807) is 39.0 Å². The van der Waals surface area contributed by atoms with E-state index in [4.69, 9.17) is 27.9 Å². The first kappa shape index (κ1) is 27.7. The molecule has 0 amide bonds. The topological polar surface area (TPSA) is 97.6 Å². The number of fused-ring (bicyclic) bond motifs is 1. The molecule has 2 aromatic carbocycles. The molecule has 200 valence electrons. The number of hydrogen-bond acceptors (Lipinski definition) is 7. The molecule has 0 aliphatic rings. The van der Waals surface area contributed by atoms with E-state index in [1.165, 1.54) is 18.2 Å². The number of carbonyl (C=O) groups is 1. The first-order valence-corrected chi connectivity index (χ1v) is 13.8. The molecule has 0 saturated carbocycles. The summed E-state index contributed by atoms with van der Waals surface area (Å²) in [6.45, 7) is 4.59. The van der Waals surface area contributed by atoms with Crippen LogP contribution in [0.3, 0.4) is 0 Å². The molecule has 38 heavy (non-hydrogen) atoms. The lowest BCUT2D eigenvalue weighted by Gasteiger charge is -2.26. The first-order chi connectivity index (χ1) is 17.7. The monoisotopic (exact) mass is 575 g/mol. The average Bonchev–Trinajstić information content (AvgIpc) is 3.24. The van der Waals surface area contributed by atoms with Crippen molar-refractivity contribution in [2.75, 3.05) is 29.8 Å². The molecule has 0 spiro atoms. The molecule has 2 aromatic heterocycles. The average molecular weight is 577 g/mol. The van der Waals surface area contributed by atoms with E-state index < -0.39 is 28.1 Å². The van der Waals surface area contributed by atoms with Gasteiger partial charge in [0.05, 0.1) is 16.1 Å². The fourth-order valence-electron chi connectivity index (χ4n) is 3.78.